The molecule has 24 heavy (non-hydrogen) atoms. The van der Waals surface area contributed by atoms with E-state index < -0.39 is 29.4 Å². The van der Waals surface area contributed by atoms with Crippen molar-refractivity contribution in [2.75, 3.05) is 5.75 Å². The molecule has 2 aliphatic rings. The lowest BCUT2D eigenvalue weighted by Gasteiger charge is -2.26. The number of aromatic nitrogens is 2. The minimum Gasteiger partial charge on any atom is -0.348 e. The first-order chi connectivity index (χ1) is 11.1. The lowest BCUT2D eigenvalue weighted by molar-refractivity contribution is -0.194. The molecular weight excluding hydrogens is 332 g/mol. The second kappa shape index (κ2) is 6.01. The minimum atomic E-state index is -0.728. The Morgan fingerprint density at radius 3 is 2.54 bits per heavy atom. The molecule has 0 saturated carbocycles. The number of hydrogen-bond acceptors (Lipinski definition) is 6. The molecule has 0 aliphatic carbocycles. The number of hydrogen-bond donors (Lipinski definition) is 1. The molecule has 0 bridgehead atoms. The molecule has 8 heteroatoms. The summed E-state index contributed by atoms with van der Waals surface area (Å²) in [6.45, 7) is 10.1. The van der Waals surface area contributed by atoms with Crippen molar-refractivity contribution in [3.8, 4) is 0 Å². The second-order valence-electron chi connectivity index (χ2n) is 7.57. The summed E-state index contributed by atoms with van der Waals surface area (Å²) in [5, 5.41) is 0. The maximum atomic E-state index is 12.1. The quantitative estimate of drug-likeness (QED) is 0.883. The van der Waals surface area contributed by atoms with Gasteiger partial charge in [0.2, 0.25) is 0 Å². The Bertz CT molecular complexity index is 720. The van der Waals surface area contributed by atoms with Gasteiger partial charge in [-0.05, 0) is 13.8 Å². The molecule has 3 heterocycles. The third-order valence-corrected chi connectivity index (χ3v) is 5.29. The van der Waals surface area contributed by atoms with Gasteiger partial charge in [0.25, 0.3) is 5.56 Å². The Hall–Kier alpha value is -1.09. The largest absolute Gasteiger partial charge is 0.348 e. The number of thioether (sulfide) groups is 1. The fraction of sp³-hybridized carbons (Fsp3) is 0.750. The van der Waals surface area contributed by atoms with Crippen LogP contribution >= 0.6 is 11.8 Å². The van der Waals surface area contributed by atoms with Crippen LogP contribution in [0.15, 0.2) is 21.9 Å². The van der Waals surface area contributed by atoms with Crippen molar-refractivity contribution in [3.63, 3.8) is 0 Å². The van der Waals surface area contributed by atoms with Gasteiger partial charge in [0.15, 0.2) is 12.0 Å². The summed E-state index contributed by atoms with van der Waals surface area (Å²) in [5.41, 5.74) is -0.946. The van der Waals surface area contributed by atoms with Crippen LogP contribution in [0.2, 0.25) is 0 Å². The van der Waals surface area contributed by atoms with E-state index >= 15 is 0 Å². The summed E-state index contributed by atoms with van der Waals surface area (Å²) >= 11 is 1.78. The number of nitrogens with zero attached hydrogens (tertiary/aromatic N) is 1. The number of rotatable bonds is 3. The average molecular weight is 356 g/mol. The van der Waals surface area contributed by atoms with Crippen molar-refractivity contribution in [1.82, 2.24) is 9.55 Å². The van der Waals surface area contributed by atoms with Crippen LogP contribution in [0, 0.1) is 0 Å². The molecule has 0 aromatic carbocycles. The van der Waals surface area contributed by atoms with Gasteiger partial charge in [-0.2, -0.15) is 11.8 Å². The lowest BCUT2D eigenvalue weighted by Crippen LogP contribution is -2.37. The summed E-state index contributed by atoms with van der Waals surface area (Å²) in [5.74, 6) is 0.00647. The molecular formula is C16H24N2O5S. The molecule has 134 valence electrons. The maximum Gasteiger partial charge on any atom is 0.330 e. The van der Waals surface area contributed by atoms with E-state index in [4.69, 9.17) is 14.2 Å². The summed E-state index contributed by atoms with van der Waals surface area (Å²) in [6.07, 6.45) is -0.0130. The monoisotopic (exact) mass is 356 g/mol. The highest BCUT2D eigenvalue weighted by molar-refractivity contribution is 8.00. The second-order valence-corrected chi connectivity index (χ2v) is 9.42. The van der Waals surface area contributed by atoms with E-state index in [1.54, 1.807) is 11.8 Å². The average Bonchev–Trinajstić information content (AvgIpc) is 2.90. The van der Waals surface area contributed by atoms with E-state index in [0.717, 1.165) is 5.75 Å². The predicted molar refractivity (Wildman–Crippen MR) is 91.3 cm³/mol. The predicted octanol–water partition coefficient (Wildman–Crippen LogP) is 1.49. The molecule has 2 aliphatic heterocycles. The Balaban J connectivity index is 1.88. The highest BCUT2D eigenvalue weighted by Crippen LogP contribution is 2.44. The van der Waals surface area contributed by atoms with E-state index in [1.807, 2.05) is 13.8 Å². The van der Waals surface area contributed by atoms with Gasteiger partial charge in [-0.25, -0.2) is 4.79 Å². The summed E-state index contributed by atoms with van der Waals surface area (Å²) in [4.78, 5) is 25.7. The number of aromatic amines is 1. The van der Waals surface area contributed by atoms with Crippen molar-refractivity contribution in [3.05, 3.63) is 33.1 Å². The Labute approximate surface area is 144 Å². The van der Waals surface area contributed by atoms with Gasteiger partial charge in [-0.15, -0.1) is 0 Å². The molecule has 0 amide bonds. The molecule has 2 fully saturated rings. The molecule has 1 N–H and O–H groups in total. The van der Waals surface area contributed by atoms with E-state index in [-0.39, 0.29) is 17.0 Å². The smallest absolute Gasteiger partial charge is 0.330 e. The fourth-order valence-electron chi connectivity index (χ4n) is 2.98. The van der Waals surface area contributed by atoms with E-state index in [1.165, 1.54) is 16.8 Å². The van der Waals surface area contributed by atoms with Gasteiger partial charge < -0.3 is 14.2 Å². The number of ether oxygens (including phenoxy) is 3. The molecule has 1 aromatic rings. The Kier molecular flexibility index (Phi) is 4.44. The molecule has 7 nitrogen and oxygen atoms in total. The molecule has 0 radical (unpaired) electrons. The highest BCUT2D eigenvalue weighted by atomic mass is 32.2. The van der Waals surface area contributed by atoms with Gasteiger partial charge in [0.1, 0.15) is 12.2 Å². The normalized spacial score (nSPS) is 32.0. The van der Waals surface area contributed by atoms with Crippen LogP contribution < -0.4 is 11.2 Å². The molecule has 0 unspecified atom stereocenters. The van der Waals surface area contributed by atoms with Crippen LogP contribution in [-0.4, -0.2) is 44.1 Å². The van der Waals surface area contributed by atoms with Crippen molar-refractivity contribution >= 4 is 11.8 Å². The zero-order chi connectivity index (χ0) is 17.7. The number of nitrogens with one attached hydrogen (secondary N) is 1. The van der Waals surface area contributed by atoms with Gasteiger partial charge in [-0.3, -0.25) is 14.3 Å². The van der Waals surface area contributed by atoms with Crippen molar-refractivity contribution in [2.45, 2.75) is 69.7 Å². The van der Waals surface area contributed by atoms with Crippen LogP contribution in [0.4, 0.5) is 0 Å². The third kappa shape index (κ3) is 3.61. The topological polar surface area (TPSA) is 82.6 Å². The zero-order valence-electron chi connectivity index (χ0n) is 14.6. The van der Waals surface area contributed by atoms with Crippen LogP contribution in [0.5, 0.6) is 0 Å². The number of H-pyrrole nitrogens is 1. The zero-order valence-corrected chi connectivity index (χ0v) is 15.4. The fourth-order valence-corrected chi connectivity index (χ4v) is 3.91. The first-order valence-corrected chi connectivity index (χ1v) is 9.01. The van der Waals surface area contributed by atoms with Crippen molar-refractivity contribution in [1.29, 1.82) is 0 Å². The Morgan fingerprint density at radius 1 is 1.25 bits per heavy atom. The van der Waals surface area contributed by atoms with Gasteiger partial charge in [0, 0.05) is 22.8 Å². The van der Waals surface area contributed by atoms with Crippen molar-refractivity contribution in [2.24, 2.45) is 0 Å². The summed E-state index contributed by atoms with van der Waals surface area (Å²) < 4.78 is 19.6. The Morgan fingerprint density at radius 2 is 1.92 bits per heavy atom. The summed E-state index contributed by atoms with van der Waals surface area (Å²) in [7, 11) is 0. The minimum absolute atomic E-state index is 0.0980. The van der Waals surface area contributed by atoms with E-state index in [9.17, 15) is 9.59 Å². The molecule has 2 saturated heterocycles. The molecule has 0 spiro atoms. The maximum absolute atomic E-state index is 12.1. The van der Waals surface area contributed by atoms with E-state index in [2.05, 4.69) is 25.8 Å². The van der Waals surface area contributed by atoms with E-state index in [0.29, 0.717) is 0 Å². The first-order valence-electron chi connectivity index (χ1n) is 8.02. The van der Waals surface area contributed by atoms with Crippen LogP contribution in [-0.2, 0) is 14.2 Å². The summed E-state index contributed by atoms with van der Waals surface area (Å²) in [6, 6.07) is 1.30. The van der Waals surface area contributed by atoms with Crippen LogP contribution in [0.25, 0.3) is 0 Å². The first kappa shape index (κ1) is 17.7. The van der Waals surface area contributed by atoms with Gasteiger partial charge in [-0.1, -0.05) is 20.8 Å². The SMILES string of the molecule is CC1(C)O[C@@H]2[C@H](O1)[C@@H](CSC(C)(C)C)O[C@H]2n1ccc(=O)[nH]c1=O. The van der Waals surface area contributed by atoms with Gasteiger partial charge in [0.05, 0.1) is 6.10 Å². The van der Waals surface area contributed by atoms with Crippen LogP contribution in [0.1, 0.15) is 40.8 Å². The molecule has 4 atom stereocenters. The van der Waals surface area contributed by atoms with Crippen LogP contribution in [0.3, 0.4) is 0 Å². The lowest BCUT2D eigenvalue weighted by atomic mass is 10.1. The standard InChI is InChI=1S/C16H24N2O5S/c1-15(2,3)24-8-9-11-12(23-16(4,5)22-11)13(21-9)18-7-6-10(19)17-14(18)20/h6-7,9,11-13H,8H2,1-5H3,(H,17,19,20)/t9-,11-,12-,13-/m1/s1. The molecule has 3 rings (SSSR count). The van der Waals surface area contributed by atoms with Crippen molar-refractivity contribution < 1.29 is 14.2 Å². The third-order valence-electron chi connectivity index (χ3n) is 3.93. The number of fused-ring (bicyclic) bond motifs is 1. The highest BCUT2D eigenvalue weighted by Gasteiger charge is 2.56. The molecule has 1 aromatic heterocycles. The van der Waals surface area contributed by atoms with Gasteiger partial charge >= 0.3 is 5.69 Å².